The topological polar surface area (TPSA) is 83.1 Å². The molecule has 1 N–H and O–H groups in total. The van der Waals surface area contributed by atoms with E-state index in [0.717, 1.165) is 5.56 Å². The summed E-state index contributed by atoms with van der Waals surface area (Å²) in [6, 6.07) is 12.0. The fourth-order valence-corrected chi connectivity index (χ4v) is 2.67. The van der Waals surface area contributed by atoms with Crippen molar-refractivity contribution in [2.45, 2.75) is 19.4 Å². The van der Waals surface area contributed by atoms with Crippen LogP contribution in [-0.2, 0) is 14.3 Å². The molecule has 0 bridgehead atoms. The maximum Gasteiger partial charge on any atom is 0.307 e. The zero-order valence-corrected chi connectivity index (χ0v) is 16.5. The number of esters is 1. The van der Waals surface area contributed by atoms with E-state index < -0.39 is 12.0 Å². The molecule has 1 atom stereocenters. The van der Waals surface area contributed by atoms with Gasteiger partial charge in [0.25, 0.3) is 5.91 Å². The van der Waals surface area contributed by atoms with Crippen molar-refractivity contribution in [2.24, 2.45) is 0 Å². The molecular weight excluding hydrogens is 362 g/mol. The first-order chi connectivity index (χ1) is 13.5. The molecule has 0 aliphatic rings. The van der Waals surface area contributed by atoms with E-state index in [4.69, 9.17) is 18.9 Å². The summed E-state index contributed by atoms with van der Waals surface area (Å²) in [7, 11) is 4.36. The third-order valence-electron chi connectivity index (χ3n) is 4.20. The monoisotopic (exact) mass is 387 g/mol. The first-order valence-corrected chi connectivity index (χ1v) is 8.75. The molecule has 0 spiro atoms. The van der Waals surface area contributed by atoms with Crippen molar-refractivity contribution in [2.75, 3.05) is 27.9 Å². The smallest absolute Gasteiger partial charge is 0.307 e. The highest BCUT2D eigenvalue weighted by atomic mass is 16.5. The Bertz CT molecular complexity index is 820. The zero-order valence-electron chi connectivity index (χ0n) is 16.5. The van der Waals surface area contributed by atoms with Crippen molar-refractivity contribution in [3.8, 4) is 17.2 Å². The first kappa shape index (κ1) is 21.1. The Morgan fingerprint density at radius 2 is 1.68 bits per heavy atom. The molecule has 0 aliphatic heterocycles. The Morgan fingerprint density at radius 1 is 0.964 bits per heavy atom. The number of methoxy groups -OCH3 is 3. The largest absolute Gasteiger partial charge is 0.493 e. The number of benzene rings is 2. The maximum atomic E-state index is 12.4. The van der Waals surface area contributed by atoms with Crippen molar-refractivity contribution in [3.05, 3.63) is 53.6 Å². The molecule has 7 heteroatoms. The second-order valence-electron chi connectivity index (χ2n) is 6.07. The van der Waals surface area contributed by atoms with Crippen LogP contribution in [0.1, 0.15) is 23.6 Å². The minimum Gasteiger partial charge on any atom is -0.493 e. The van der Waals surface area contributed by atoms with Crippen LogP contribution in [-0.4, -0.2) is 39.8 Å². The van der Waals surface area contributed by atoms with Gasteiger partial charge in [-0.05, 0) is 36.2 Å². The number of para-hydroxylation sites is 1. The van der Waals surface area contributed by atoms with Crippen molar-refractivity contribution >= 4 is 11.9 Å². The SMILES string of the molecule is COC(=O)C[C@@H](NC(=O)COc1ccccc1C)c1ccc(OC)c(OC)c1. The van der Waals surface area contributed by atoms with Crippen molar-refractivity contribution in [1.82, 2.24) is 5.32 Å². The molecule has 0 unspecified atom stereocenters. The Balaban J connectivity index is 2.13. The fourth-order valence-electron chi connectivity index (χ4n) is 2.67. The van der Waals surface area contributed by atoms with Gasteiger partial charge in [0.05, 0.1) is 33.8 Å². The molecule has 7 nitrogen and oxygen atoms in total. The van der Waals surface area contributed by atoms with Gasteiger partial charge in [-0.15, -0.1) is 0 Å². The molecule has 0 saturated carbocycles. The van der Waals surface area contributed by atoms with Crippen molar-refractivity contribution in [1.29, 1.82) is 0 Å². The van der Waals surface area contributed by atoms with Crippen LogP contribution in [0.25, 0.3) is 0 Å². The number of amides is 1. The van der Waals surface area contributed by atoms with E-state index >= 15 is 0 Å². The van der Waals surface area contributed by atoms with Crippen LogP contribution < -0.4 is 19.5 Å². The molecular formula is C21H25NO6. The number of rotatable bonds is 9. The number of carbonyl (C=O) groups excluding carboxylic acids is 2. The van der Waals surface area contributed by atoms with Crippen LogP contribution in [0.15, 0.2) is 42.5 Å². The third kappa shape index (κ3) is 5.64. The Labute approximate surface area is 164 Å². The van der Waals surface area contributed by atoms with Crippen molar-refractivity contribution < 1.29 is 28.5 Å². The van der Waals surface area contributed by atoms with Crippen LogP contribution in [0.4, 0.5) is 0 Å². The average Bonchev–Trinajstić information content (AvgIpc) is 2.71. The van der Waals surface area contributed by atoms with Gasteiger partial charge in [0.1, 0.15) is 5.75 Å². The van der Waals surface area contributed by atoms with Gasteiger partial charge in [-0.2, -0.15) is 0 Å². The summed E-state index contributed by atoms with van der Waals surface area (Å²) in [6.07, 6.45) is -0.0257. The Hall–Kier alpha value is -3.22. The van der Waals surface area contributed by atoms with Gasteiger partial charge in [-0.3, -0.25) is 9.59 Å². The Morgan fingerprint density at radius 3 is 2.32 bits per heavy atom. The van der Waals surface area contributed by atoms with Gasteiger partial charge in [0, 0.05) is 0 Å². The van der Waals surface area contributed by atoms with E-state index in [1.54, 1.807) is 24.3 Å². The highest BCUT2D eigenvalue weighted by molar-refractivity contribution is 5.79. The molecule has 0 fully saturated rings. The van der Waals surface area contributed by atoms with Crippen LogP contribution >= 0.6 is 0 Å². The van der Waals surface area contributed by atoms with Gasteiger partial charge in [-0.1, -0.05) is 24.3 Å². The molecule has 0 aromatic heterocycles. The van der Waals surface area contributed by atoms with Crippen LogP contribution in [0.2, 0.25) is 0 Å². The van der Waals surface area contributed by atoms with Crippen LogP contribution in [0, 0.1) is 6.92 Å². The number of aryl methyl sites for hydroxylation is 1. The zero-order chi connectivity index (χ0) is 20.5. The van der Waals surface area contributed by atoms with Crippen LogP contribution in [0.3, 0.4) is 0 Å². The van der Waals surface area contributed by atoms with Crippen LogP contribution in [0.5, 0.6) is 17.2 Å². The standard InChI is InChI=1S/C21H25NO6/c1-14-7-5-6-8-17(14)28-13-20(23)22-16(12-21(24)27-4)15-9-10-18(25-2)19(11-15)26-3/h5-11,16H,12-13H2,1-4H3,(H,22,23)/t16-/m1/s1. The first-order valence-electron chi connectivity index (χ1n) is 8.75. The number of carbonyl (C=O) groups is 2. The third-order valence-corrected chi connectivity index (χ3v) is 4.20. The van der Waals surface area contributed by atoms with E-state index in [0.29, 0.717) is 22.8 Å². The lowest BCUT2D eigenvalue weighted by atomic mass is 10.0. The molecule has 0 heterocycles. The minimum atomic E-state index is -0.597. The minimum absolute atomic E-state index is 0.0257. The lowest BCUT2D eigenvalue weighted by Crippen LogP contribution is -2.34. The summed E-state index contributed by atoms with van der Waals surface area (Å²) >= 11 is 0. The molecule has 0 radical (unpaired) electrons. The number of nitrogens with one attached hydrogen (secondary N) is 1. The van der Waals surface area contributed by atoms with E-state index in [1.165, 1.54) is 21.3 Å². The molecule has 2 aromatic rings. The lowest BCUT2D eigenvalue weighted by Gasteiger charge is -2.20. The van der Waals surface area contributed by atoms with E-state index in [1.807, 2.05) is 25.1 Å². The van der Waals surface area contributed by atoms with Gasteiger partial charge in [-0.25, -0.2) is 0 Å². The highest BCUT2D eigenvalue weighted by Crippen LogP contribution is 2.31. The molecule has 28 heavy (non-hydrogen) atoms. The lowest BCUT2D eigenvalue weighted by molar-refractivity contribution is -0.141. The van der Waals surface area contributed by atoms with Gasteiger partial charge in [0.15, 0.2) is 18.1 Å². The average molecular weight is 387 g/mol. The molecule has 0 saturated heterocycles. The number of hydrogen-bond donors (Lipinski definition) is 1. The summed E-state index contributed by atoms with van der Waals surface area (Å²) in [5, 5.41) is 2.82. The summed E-state index contributed by atoms with van der Waals surface area (Å²) in [5.41, 5.74) is 1.62. The quantitative estimate of drug-likeness (QED) is 0.666. The summed E-state index contributed by atoms with van der Waals surface area (Å²) in [6.45, 7) is 1.73. The normalized spacial score (nSPS) is 11.3. The summed E-state index contributed by atoms with van der Waals surface area (Å²) in [5.74, 6) is 0.887. The highest BCUT2D eigenvalue weighted by Gasteiger charge is 2.21. The molecule has 150 valence electrons. The second kappa shape index (κ2) is 10.2. The predicted octanol–water partition coefficient (Wildman–Crippen LogP) is 2.81. The molecule has 2 rings (SSSR count). The van der Waals surface area contributed by atoms with Gasteiger partial charge >= 0.3 is 5.97 Å². The van der Waals surface area contributed by atoms with E-state index in [2.05, 4.69) is 5.32 Å². The number of hydrogen-bond acceptors (Lipinski definition) is 6. The summed E-state index contributed by atoms with van der Waals surface area (Å²) < 4.78 is 20.9. The second-order valence-corrected chi connectivity index (χ2v) is 6.07. The fraction of sp³-hybridized carbons (Fsp3) is 0.333. The molecule has 2 aromatic carbocycles. The van der Waals surface area contributed by atoms with Gasteiger partial charge in [0.2, 0.25) is 0 Å². The molecule has 0 aliphatic carbocycles. The van der Waals surface area contributed by atoms with E-state index in [9.17, 15) is 9.59 Å². The van der Waals surface area contributed by atoms with Gasteiger partial charge < -0.3 is 24.3 Å². The van der Waals surface area contributed by atoms with Crippen molar-refractivity contribution in [3.63, 3.8) is 0 Å². The summed E-state index contributed by atoms with van der Waals surface area (Å²) in [4.78, 5) is 24.2. The predicted molar refractivity (Wildman–Crippen MR) is 104 cm³/mol. The maximum absolute atomic E-state index is 12.4. The molecule has 1 amide bonds. The number of ether oxygens (including phenoxy) is 4. The van der Waals surface area contributed by atoms with E-state index in [-0.39, 0.29) is 18.9 Å². The Kier molecular flexibility index (Phi) is 7.68.